The monoisotopic (exact) mass is 382 g/mol. The molecular weight excluding hydrogens is 359 g/mol. The Morgan fingerprint density at radius 1 is 1.42 bits per heavy atom. The summed E-state index contributed by atoms with van der Waals surface area (Å²) in [4.78, 5) is 0. The second-order valence-corrected chi connectivity index (χ2v) is 8.08. The fourth-order valence-electron chi connectivity index (χ4n) is 2.91. The van der Waals surface area contributed by atoms with Gasteiger partial charge in [-0.1, -0.05) is 43.7 Å². The van der Waals surface area contributed by atoms with Gasteiger partial charge in [0.25, 0.3) is 0 Å². The quantitative estimate of drug-likeness (QED) is 0.830. The van der Waals surface area contributed by atoms with E-state index in [1.54, 1.807) is 10.7 Å². The molecule has 0 aliphatic carbocycles. The summed E-state index contributed by atoms with van der Waals surface area (Å²) in [7, 11) is 0. The molecule has 0 radical (unpaired) electrons. The summed E-state index contributed by atoms with van der Waals surface area (Å²) in [6.45, 7) is 7.36. The smallest absolute Gasteiger partial charge is 0.142 e. The third-order valence-corrected chi connectivity index (χ3v) is 4.80. The normalized spacial score (nSPS) is 23.5. The van der Waals surface area contributed by atoms with Gasteiger partial charge in [0.15, 0.2) is 0 Å². The fraction of sp³-hybridized carbons (Fsp3) is 0.556. The minimum Gasteiger partial charge on any atom is -0.389 e. The molecule has 3 atom stereocenters. The molecule has 1 aliphatic rings. The number of nitrogens with zero attached hydrogens (tertiary/aromatic N) is 3. The highest BCUT2D eigenvalue weighted by Crippen LogP contribution is 2.21. The molecule has 2 heterocycles. The summed E-state index contributed by atoms with van der Waals surface area (Å²) >= 11 is 5.71. The first-order chi connectivity index (χ1) is 12.2. The zero-order valence-corrected chi connectivity index (χ0v) is 15.9. The van der Waals surface area contributed by atoms with E-state index in [4.69, 9.17) is 16.3 Å². The van der Waals surface area contributed by atoms with Gasteiger partial charge >= 0.3 is 0 Å². The lowest BCUT2D eigenvalue weighted by atomic mass is 9.93. The number of ether oxygens (including phenoxy) is 1. The number of halogens is 2. The van der Waals surface area contributed by atoms with Crippen molar-refractivity contribution in [2.75, 3.05) is 6.61 Å². The molecule has 0 saturated carbocycles. The highest BCUT2D eigenvalue weighted by atomic mass is 35.5. The Balaban J connectivity index is 1.64. The van der Waals surface area contributed by atoms with E-state index in [0.717, 1.165) is 11.3 Å². The van der Waals surface area contributed by atoms with Crippen LogP contribution in [0.3, 0.4) is 0 Å². The van der Waals surface area contributed by atoms with Gasteiger partial charge in [0.05, 0.1) is 42.1 Å². The summed E-state index contributed by atoms with van der Waals surface area (Å²) in [5.74, 6) is -0.455. The Bertz CT molecular complexity index is 762. The van der Waals surface area contributed by atoms with Crippen LogP contribution in [-0.4, -0.2) is 45.0 Å². The molecular formula is C18H24ClFN4O2. The molecule has 2 N–H and O–H groups in total. The second-order valence-electron chi connectivity index (χ2n) is 7.67. The Kier molecular flexibility index (Phi) is 5.62. The second kappa shape index (κ2) is 7.60. The third kappa shape index (κ3) is 4.40. The van der Waals surface area contributed by atoms with Crippen molar-refractivity contribution in [3.05, 3.63) is 46.5 Å². The van der Waals surface area contributed by atoms with Crippen LogP contribution in [0, 0.1) is 5.82 Å². The zero-order chi connectivity index (χ0) is 18.9. The first-order valence-corrected chi connectivity index (χ1v) is 8.99. The van der Waals surface area contributed by atoms with Crippen molar-refractivity contribution < 1.29 is 14.2 Å². The van der Waals surface area contributed by atoms with Crippen molar-refractivity contribution in [3.63, 3.8) is 0 Å². The summed E-state index contributed by atoms with van der Waals surface area (Å²) < 4.78 is 21.0. The highest BCUT2D eigenvalue weighted by molar-refractivity contribution is 6.30. The van der Waals surface area contributed by atoms with Crippen molar-refractivity contribution in [3.8, 4) is 0 Å². The van der Waals surface area contributed by atoms with Gasteiger partial charge in [-0.05, 0) is 17.7 Å². The molecule has 1 aliphatic heterocycles. The molecule has 2 aromatic rings. The van der Waals surface area contributed by atoms with Crippen LogP contribution >= 0.6 is 11.6 Å². The van der Waals surface area contributed by atoms with E-state index in [0.29, 0.717) is 13.1 Å². The lowest BCUT2D eigenvalue weighted by molar-refractivity contribution is 0.0741. The van der Waals surface area contributed by atoms with Gasteiger partial charge in [0, 0.05) is 18.2 Å². The topological polar surface area (TPSA) is 72.2 Å². The molecule has 0 bridgehead atoms. The number of aliphatic hydroxyl groups is 1. The maximum absolute atomic E-state index is 13.6. The van der Waals surface area contributed by atoms with Gasteiger partial charge in [-0.15, -0.1) is 5.10 Å². The Labute approximate surface area is 157 Å². The molecule has 6 nitrogen and oxygen atoms in total. The standard InChI is InChI=1S/C18H24ClFN4O2/c1-18(2,3)16-9-24(23-22-16)8-15-17(14(25)10-26-15)21-7-11-4-5-12(19)13(20)6-11/h4-6,9,14-15,17,21,25H,7-8,10H2,1-3H3/t14-,15+,17+/m0/s1. The molecule has 1 aromatic heterocycles. The van der Waals surface area contributed by atoms with E-state index in [1.165, 1.54) is 12.1 Å². The summed E-state index contributed by atoms with van der Waals surface area (Å²) in [5, 5.41) is 21.9. The molecule has 26 heavy (non-hydrogen) atoms. The number of aromatic nitrogens is 3. The molecule has 8 heteroatoms. The maximum Gasteiger partial charge on any atom is 0.142 e. The third-order valence-electron chi connectivity index (χ3n) is 4.50. The number of hydrogen-bond donors (Lipinski definition) is 2. The van der Waals surface area contributed by atoms with Crippen molar-refractivity contribution >= 4 is 11.6 Å². The van der Waals surface area contributed by atoms with Crippen molar-refractivity contribution in [2.24, 2.45) is 0 Å². The van der Waals surface area contributed by atoms with Crippen LogP contribution in [0.1, 0.15) is 32.0 Å². The van der Waals surface area contributed by atoms with Crippen LogP contribution in [0.2, 0.25) is 5.02 Å². The highest BCUT2D eigenvalue weighted by Gasteiger charge is 2.36. The Morgan fingerprint density at radius 3 is 2.85 bits per heavy atom. The Hall–Kier alpha value is -1.54. The Morgan fingerprint density at radius 2 is 2.19 bits per heavy atom. The van der Waals surface area contributed by atoms with Gasteiger partial charge < -0.3 is 15.2 Å². The predicted octanol–water partition coefficient (Wildman–Crippen LogP) is 2.29. The van der Waals surface area contributed by atoms with Crippen molar-refractivity contribution in [1.82, 2.24) is 20.3 Å². The number of rotatable bonds is 5. The van der Waals surface area contributed by atoms with E-state index < -0.39 is 11.9 Å². The van der Waals surface area contributed by atoms with E-state index in [1.807, 2.05) is 6.20 Å². The summed E-state index contributed by atoms with van der Waals surface area (Å²) in [6.07, 6.45) is 1.01. The lowest BCUT2D eigenvalue weighted by Gasteiger charge is -2.22. The van der Waals surface area contributed by atoms with Crippen molar-refractivity contribution in [2.45, 2.75) is 57.5 Å². The molecule has 1 aromatic carbocycles. The average molecular weight is 383 g/mol. The van der Waals surface area contributed by atoms with Crippen LogP contribution in [0.15, 0.2) is 24.4 Å². The maximum atomic E-state index is 13.6. The largest absolute Gasteiger partial charge is 0.389 e. The van der Waals surface area contributed by atoms with Crippen LogP contribution in [-0.2, 0) is 23.2 Å². The lowest BCUT2D eigenvalue weighted by Crippen LogP contribution is -2.45. The van der Waals surface area contributed by atoms with Crippen LogP contribution in [0.25, 0.3) is 0 Å². The zero-order valence-electron chi connectivity index (χ0n) is 15.1. The number of aliphatic hydroxyl groups excluding tert-OH is 1. The van der Waals surface area contributed by atoms with Crippen LogP contribution in [0.4, 0.5) is 4.39 Å². The molecule has 1 fully saturated rings. The number of nitrogens with one attached hydrogen (secondary N) is 1. The van der Waals surface area contributed by atoms with Gasteiger partial charge in [-0.3, -0.25) is 0 Å². The van der Waals surface area contributed by atoms with Gasteiger partial charge in [-0.25, -0.2) is 9.07 Å². The van der Waals surface area contributed by atoms with Gasteiger partial charge in [0.1, 0.15) is 5.82 Å². The number of hydrogen-bond acceptors (Lipinski definition) is 5. The first kappa shape index (κ1) is 19.2. The van der Waals surface area contributed by atoms with E-state index in [9.17, 15) is 9.50 Å². The SMILES string of the molecule is CC(C)(C)c1cn(C[C@H]2OC[C@H](O)[C@H]2NCc2ccc(Cl)c(F)c2)nn1. The average Bonchev–Trinajstić information content (AvgIpc) is 3.17. The molecule has 0 unspecified atom stereocenters. The predicted molar refractivity (Wildman–Crippen MR) is 96.5 cm³/mol. The van der Waals surface area contributed by atoms with Crippen molar-refractivity contribution in [1.29, 1.82) is 0 Å². The fourth-order valence-corrected chi connectivity index (χ4v) is 3.03. The molecule has 0 amide bonds. The van der Waals surface area contributed by atoms with E-state index in [2.05, 4.69) is 36.4 Å². The summed E-state index contributed by atoms with van der Waals surface area (Å²) in [5.41, 5.74) is 1.57. The van der Waals surface area contributed by atoms with Gasteiger partial charge in [0.2, 0.25) is 0 Å². The van der Waals surface area contributed by atoms with E-state index in [-0.39, 0.29) is 29.2 Å². The molecule has 1 saturated heterocycles. The number of benzene rings is 1. The first-order valence-electron chi connectivity index (χ1n) is 8.61. The van der Waals surface area contributed by atoms with Crippen LogP contribution < -0.4 is 5.32 Å². The molecule has 142 valence electrons. The minimum absolute atomic E-state index is 0.0788. The minimum atomic E-state index is -0.636. The van der Waals surface area contributed by atoms with E-state index >= 15 is 0 Å². The van der Waals surface area contributed by atoms with Gasteiger partial charge in [-0.2, -0.15) is 0 Å². The summed E-state index contributed by atoms with van der Waals surface area (Å²) in [6, 6.07) is 4.38. The molecule has 3 rings (SSSR count). The molecule has 0 spiro atoms. The van der Waals surface area contributed by atoms with Crippen LogP contribution in [0.5, 0.6) is 0 Å².